The van der Waals surface area contributed by atoms with E-state index in [1.807, 2.05) is 31.2 Å². The zero-order valence-electron chi connectivity index (χ0n) is 11.3. The van der Waals surface area contributed by atoms with Crippen LogP contribution in [-0.4, -0.2) is 5.78 Å². The average molecular weight is 274 g/mol. The van der Waals surface area contributed by atoms with Gasteiger partial charge in [0.05, 0.1) is 0 Å². The largest absolute Gasteiger partial charge is 0.299 e. The van der Waals surface area contributed by atoms with Gasteiger partial charge in [0.1, 0.15) is 17.4 Å². The number of hydrogen-bond donors (Lipinski definition) is 0. The number of benzene rings is 2. The predicted octanol–water partition coefficient (Wildman–Crippen LogP) is 4.02. The summed E-state index contributed by atoms with van der Waals surface area (Å²) in [5.41, 5.74) is 2.50. The van der Waals surface area contributed by atoms with Gasteiger partial charge in [-0.25, -0.2) is 8.78 Å². The van der Waals surface area contributed by atoms with Gasteiger partial charge >= 0.3 is 0 Å². The van der Waals surface area contributed by atoms with Crippen LogP contribution in [0.15, 0.2) is 42.5 Å². The molecule has 0 aliphatic rings. The highest BCUT2D eigenvalue weighted by Crippen LogP contribution is 2.13. The Kier molecular flexibility index (Phi) is 4.61. The maximum absolute atomic E-state index is 13.4. The lowest BCUT2D eigenvalue weighted by molar-refractivity contribution is -0.118. The fourth-order valence-corrected chi connectivity index (χ4v) is 2.12. The first-order valence-corrected chi connectivity index (χ1v) is 6.56. The SMILES string of the molecule is Cc1cccc(CCC(=O)Cc2ccc(F)cc2F)c1. The third-order valence-electron chi connectivity index (χ3n) is 3.18. The van der Waals surface area contributed by atoms with Gasteiger partial charge in [0.15, 0.2) is 0 Å². The molecule has 2 rings (SSSR count). The number of halogens is 2. The summed E-state index contributed by atoms with van der Waals surface area (Å²) in [6.07, 6.45) is 1.02. The minimum Gasteiger partial charge on any atom is -0.299 e. The summed E-state index contributed by atoms with van der Waals surface area (Å²) in [6.45, 7) is 2.00. The van der Waals surface area contributed by atoms with Gasteiger partial charge in [0, 0.05) is 18.9 Å². The van der Waals surface area contributed by atoms with Crippen LogP contribution in [-0.2, 0) is 17.6 Å². The van der Waals surface area contributed by atoms with E-state index in [0.717, 1.165) is 17.2 Å². The van der Waals surface area contributed by atoms with Crippen molar-refractivity contribution in [3.05, 3.63) is 70.8 Å². The molecule has 0 aliphatic heterocycles. The van der Waals surface area contributed by atoms with E-state index in [1.54, 1.807) is 0 Å². The van der Waals surface area contributed by atoms with Crippen LogP contribution >= 0.6 is 0 Å². The van der Waals surface area contributed by atoms with Crippen molar-refractivity contribution in [1.82, 2.24) is 0 Å². The van der Waals surface area contributed by atoms with Crippen LogP contribution in [0.4, 0.5) is 8.78 Å². The summed E-state index contributed by atoms with van der Waals surface area (Å²) in [4.78, 5) is 11.8. The van der Waals surface area contributed by atoms with Crippen LogP contribution in [0.1, 0.15) is 23.1 Å². The van der Waals surface area contributed by atoms with Crippen molar-refractivity contribution in [3.63, 3.8) is 0 Å². The highest BCUT2D eigenvalue weighted by molar-refractivity contribution is 5.81. The van der Waals surface area contributed by atoms with E-state index in [1.165, 1.54) is 12.1 Å². The molecule has 1 nitrogen and oxygen atoms in total. The van der Waals surface area contributed by atoms with Gasteiger partial charge in [0.25, 0.3) is 0 Å². The summed E-state index contributed by atoms with van der Waals surface area (Å²) in [5, 5.41) is 0. The molecule has 0 spiro atoms. The van der Waals surface area contributed by atoms with Gasteiger partial charge in [-0.3, -0.25) is 4.79 Å². The van der Waals surface area contributed by atoms with Gasteiger partial charge in [-0.05, 0) is 30.5 Å². The van der Waals surface area contributed by atoms with Gasteiger partial charge in [0.2, 0.25) is 0 Å². The Morgan fingerprint density at radius 3 is 2.60 bits per heavy atom. The molecule has 20 heavy (non-hydrogen) atoms. The first kappa shape index (κ1) is 14.4. The molecule has 104 valence electrons. The second-order valence-electron chi connectivity index (χ2n) is 4.94. The quantitative estimate of drug-likeness (QED) is 0.805. The number of carbonyl (C=O) groups is 1. The molecular weight excluding hydrogens is 258 g/mol. The summed E-state index contributed by atoms with van der Waals surface area (Å²) in [6, 6.07) is 11.3. The minimum atomic E-state index is -0.658. The van der Waals surface area contributed by atoms with E-state index in [0.29, 0.717) is 12.8 Å². The number of aryl methyl sites for hydroxylation is 2. The van der Waals surface area contributed by atoms with Crippen LogP contribution in [0.5, 0.6) is 0 Å². The second kappa shape index (κ2) is 6.42. The smallest absolute Gasteiger partial charge is 0.137 e. The molecule has 0 aliphatic carbocycles. The first-order valence-electron chi connectivity index (χ1n) is 6.56. The van der Waals surface area contributed by atoms with Crippen molar-refractivity contribution in [2.45, 2.75) is 26.2 Å². The predicted molar refractivity (Wildman–Crippen MR) is 74.6 cm³/mol. The van der Waals surface area contributed by atoms with Crippen LogP contribution in [0.25, 0.3) is 0 Å². The molecule has 0 fully saturated rings. The third-order valence-corrected chi connectivity index (χ3v) is 3.18. The number of rotatable bonds is 5. The molecule has 3 heteroatoms. The zero-order valence-corrected chi connectivity index (χ0v) is 11.3. The third kappa shape index (κ3) is 3.98. The first-order chi connectivity index (χ1) is 9.54. The molecule has 0 unspecified atom stereocenters. The second-order valence-corrected chi connectivity index (χ2v) is 4.94. The molecule has 0 N–H and O–H groups in total. The molecule has 0 radical (unpaired) electrons. The van der Waals surface area contributed by atoms with Crippen molar-refractivity contribution in [2.24, 2.45) is 0 Å². The number of ketones is 1. The molecule has 0 aromatic heterocycles. The van der Waals surface area contributed by atoms with Crippen LogP contribution in [0, 0.1) is 18.6 Å². The van der Waals surface area contributed by atoms with E-state index >= 15 is 0 Å². The fraction of sp³-hybridized carbons (Fsp3) is 0.235. The number of Topliss-reactive ketones (excluding diaryl/α,β-unsaturated/α-hetero) is 1. The number of hydrogen-bond acceptors (Lipinski definition) is 1. The zero-order chi connectivity index (χ0) is 14.5. The van der Waals surface area contributed by atoms with Gasteiger partial charge < -0.3 is 0 Å². The molecular formula is C17H16F2O. The highest BCUT2D eigenvalue weighted by Gasteiger charge is 2.09. The molecule has 0 saturated heterocycles. The number of carbonyl (C=O) groups excluding carboxylic acids is 1. The van der Waals surface area contributed by atoms with Gasteiger partial charge in [-0.15, -0.1) is 0 Å². The Labute approximate surface area is 117 Å². The molecule has 0 atom stereocenters. The monoisotopic (exact) mass is 274 g/mol. The summed E-state index contributed by atoms with van der Waals surface area (Å²) >= 11 is 0. The van der Waals surface area contributed by atoms with Crippen LogP contribution < -0.4 is 0 Å². The topological polar surface area (TPSA) is 17.1 Å². The lowest BCUT2D eigenvalue weighted by atomic mass is 10.0. The molecule has 0 heterocycles. The van der Waals surface area contributed by atoms with E-state index in [4.69, 9.17) is 0 Å². The molecule has 0 saturated carbocycles. The van der Waals surface area contributed by atoms with Crippen molar-refractivity contribution in [1.29, 1.82) is 0 Å². The Morgan fingerprint density at radius 1 is 1.10 bits per heavy atom. The highest BCUT2D eigenvalue weighted by atomic mass is 19.1. The lowest BCUT2D eigenvalue weighted by Crippen LogP contribution is -2.06. The van der Waals surface area contributed by atoms with E-state index in [2.05, 4.69) is 0 Å². The lowest BCUT2D eigenvalue weighted by Gasteiger charge is -2.04. The molecule has 0 bridgehead atoms. The van der Waals surface area contributed by atoms with E-state index < -0.39 is 11.6 Å². The van der Waals surface area contributed by atoms with E-state index in [9.17, 15) is 13.6 Å². The van der Waals surface area contributed by atoms with E-state index in [-0.39, 0.29) is 17.8 Å². The Balaban J connectivity index is 1.92. The molecule has 2 aromatic carbocycles. The summed E-state index contributed by atoms with van der Waals surface area (Å²) < 4.78 is 26.2. The summed E-state index contributed by atoms with van der Waals surface area (Å²) in [5.74, 6) is -1.33. The standard InChI is InChI=1S/C17H16F2O/c1-12-3-2-4-13(9-12)5-8-16(20)10-14-6-7-15(18)11-17(14)19/h2-4,6-7,9,11H,5,8,10H2,1H3. The molecule has 0 amide bonds. The van der Waals surface area contributed by atoms with Crippen LogP contribution in [0.2, 0.25) is 0 Å². The van der Waals surface area contributed by atoms with Gasteiger partial charge in [-0.2, -0.15) is 0 Å². The van der Waals surface area contributed by atoms with Crippen molar-refractivity contribution in [3.8, 4) is 0 Å². The average Bonchev–Trinajstić information content (AvgIpc) is 2.40. The minimum absolute atomic E-state index is 0.0118. The summed E-state index contributed by atoms with van der Waals surface area (Å²) in [7, 11) is 0. The van der Waals surface area contributed by atoms with Crippen molar-refractivity contribution in [2.75, 3.05) is 0 Å². The normalized spacial score (nSPS) is 10.6. The molecule has 2 aromatic rings. The van der Waals surface area contributed by atoms with Gasteiger partial charge in [-0.1, -0.05) is 35.9 Å². The maximum atomic E-state index is 13.4. The van der Waals surface area contributed by atoms with Crippen molar-refractivity contribution >= 4 is 5.78 Å². The van der Waals surface area contributed by atoms with Crippen LogP contribution in [0.3, 0.4) is 0 Å². The van der Waals surface area contributed by atoms with Crippen molar-refractivity contribution < 1.29 is 13.6 Å². The fourth-order valence-electron chi connectivity index (χ4n) is 2.12. The Bertz CT molecular complexity index is 620. The Hall–Kier alpha value is -2.03. The maximum Gasteiger partial charge on any atom is 0.137 e. The Morgan fingerprint density at radius 2 is 1.90 bits per heavy atom.